The summed E-state index contributed by atoms with van der Waals surface area (Å²) in [5, 5.41) is 17.8. The number of aryl methyl sites for hydroxylation is 2. The highest BCUT2D eigenvalue weighted by atomic mass is 16.5. The lowest BCUT2D eigenvalue weighted by Gasteiger charge is -2.14. The molecule has 26 heavy (non-hydrogen) atoms. The number of aliphatic hydroxyl groups is 2. The molecule has 0 heterocycles. The van der Waals surface area contributed by atoms with Crippen LogP contribution in [0.2, 0.25) is 0 Å². The molecule has 4 heteroatoms. The smallest absolute Gasteiger partial charge is 0.122 e. The molecule has 4 nitrogen and oxygen atoms in total. The molecule has 0 bridgehead atoms. The monoisotopic (exact) mass is 358 g/mol. The third-order valence-corrected chi connectivity index (χ3v) is 4.34. The minimum Gasteiger partial charge on any atom is -0.493 e. The van der Waals surface area contributed by atoms with Crippen molar-refractivity contribution in [2.45, 2.75) is 39.5 Å². The molecular weight excluding hydrogens is 328 g/mol. The molecule has 0 aliphatic carbocycles. The van der Waals surface area contributed by atoms with Crippen molar-refractivity contribution >= 4 is 0 Å². The quantitative estimate of drug-likeness (QED) is 0.596. The average molecular weight is 358 g/mol. The van der Waals surface area contributed by atoms with Gasteiger partial charge in [0.25, 0.3) is 0 Å². The molecule has 0 aliphatic rings. The molecule has 0 unspecified atom stereocenters. The lowest BCUT2D eigenvalue weighted by Crippen LogP contribution is -2.02. The zero-order valence-corrected chi connectivity index (χ0v) is 15.8. The van der Waals surface area contributed by atoms with Gasteiger partial charge in [0, 0.05) is 26.1 Å². The van der Waals surface area contributed by atoms with Gasteiger partial charge in [-0.25, -0.2) is 0 Å². The lowest BCUT2D eigenvalue weighted by molar-refractivity contribution is 0.232. The van der Waals surface area contributed by atoms with Crippen molar-refractivity contribution in [2.75, 3.05) is 26.4 Å². The predicted molar refractivity (Wildman–Crippen MR) is 105 cm³/mol. The summed E-state index contributed by atoms with van der Waals surface area (Å²) in [4.78, 5) is 0. The molecule has 0 fully saturated rings. The number of rotatable bonds is 11. The van der Waals surface area contributed by atoms with Gasteiger partial charge in [0.05, 0.1) is 13.2 Å². The number of ether oxygens (including phenoxy) is 2. The number of hydrogen-bond acceptors (Lipinski definition) is 4. The van der Waals surface area contributed by atoms with Gasteiger partial charge in [-0.2, -0.15) is 0 Å². The fourth-order valence-electron chi connectivity index (χ4n) is 2.85. The summed E-state index contributed by atoms with van der Waals surface area (Å²) in [5.74, 6) is 1.79. The van der Waals surface area contributed by atoms with Crippen LogP contribution < -0.4 is 9.47 Å². The fraction of sp³-hybridized carbons (Fsp3) is 0.455. The van der Waals surface area contributed by atoms with Crippen LogP contribution in [0.15, 0.2) is 36.4 Å². The average Bonchev–Trinajstić information content (AvgIpc) is 2.68. The van der Waals surface area contributed by atoms with Gasteiger partial charge < -0.3 is 19.7 Å². The maximum atomic E-state index is 8.90. The minimum absolute atomic E-state index is 0.145. The highest BCUT2D eigenvalue weighted by Gasteiger charge is 2.09. The Kier molecular flexibility index (Phi) is 8.45. The summed E-state index contributed by atoms with van der Waals surface area (Å²) in [6.45, 7) is 5.59. The Balaban J connectivity index is 2.21. The molecule has 0 spiro atoms. The van der Waals surface area contributed by atoms with Crippen molar-refractivity contribution in [1.29, 1.82) is 0 Å². The predicted octanol–water partition coefficient (Wildman–Crippen LogP) is 4.00. The second-order valence-electron chi connectivity index (χ2n) is 6.20. The zero-order valence-electron chi connectivity index (χ0n) is 15.8. The second kappa shape index (κ2) is 10.8. The second-order valence-corrected chi connectivity index (χ2v) is 6.20. The first-order valence-corrected chi connectivity index (χ1v) is 9.47. The van der Waals surface area contributed by atoms with Crippen LogP contribution in [0.25, 0.3) is 11.1 Å². The number of aliphatic hydroxyl groups excluding tert-OH is 2. The molecule has 0 amide bonds. The summed E-state index contributed by atoms with van der Waals surface area (Å²) < 4.78 is 11.6. The van der Waals surface area contributed by atoms with Crippen molar-refractivity contribution in [1.82, 2.24) is 0 Å². The minimum atomic E-state index is 0.145. The highest BCUT2D eigenvalue weighted by molar-refractivity contribution is 5.67. The fourth-order valence-corrected chi connectivity index (χ4v) is 2.85. The van der Waals surface area contributed by atoms with E-state index in [4.69, 9.17) is 19.7 Å². The molecule has 2 N–H and O–H groups in total. The molecule has 0 aromatic heterocycles. The van der Waals surface area contributed by atoms with Gasteiger partial charge in [0.15, 0.2) is 0 Å². The maximum absolute atomic E-state index is 8.90. The zero-order chi connectivity index (χ0) is 18.8. The molecule has 2 rings (SSSR count). The Labute approximate surface area is 156 Å². The van der Waals surface area contributed by atoms with Crippen molar-refractivity contribution < 1.29 is 19.7 Å². The molecule has 0 atom stereocenters. The normalized spacial score (nSPS) is 10.8. The largest absolute Gasteiger partial charge is 0.493 e. The molecule has 2 aromatic carbocycles. The van der Waals surface area contributed by atoms with E-state index in [9.17, 15) is 0 Å². The van der Waals surface area contributed by atoms with Crippen LogP contribution in [0, 0.1) is 0 Å². The Morgan fingerprint density at radius 2 is 1.12 bits per heavy atom. The molecule has 142 valence electrons. The van der Waals surface area contributed by atoms with E-state index in [-0.39, 0.29) is 13.2 Å². The molecule has 0 radical (unpaired) electrons. The molecule has 2 aromatic rings. The summed E-state index contributed by atoms with van der Waals surface area (Å²) in [6, 6.07) is 12.5. The standard InChI is InChI=1S/C22H30O4/c1-3-17-15-19(7-9-21(17)25-13-5-11-23)20-8-10-22(18(4-2)16-20)26-14-6-12-24/h7-10,15-16,23-24H,3-6,11-14H2,1-2H3. The first kappa shape index (κ1) is 20.3. The summed E-state index contributed by atoms with van der Waals surface area (Å²) >= 11 is 0. The Bertz CT molecular complexity index is 622. The highest BCUT2D eigenvalue weighted by Crippen LogP contribution is 2.31. The molecular formula is C22H30O4. The van der Waals surface area contributed by atoms with E-state index < -0.39 is 0 Å². The Morgan fingerprint density at radius 1 is 0.692 bits per heavy atom. The van der Waals surface area contributed by atoms with E-state index in [2.05, 4.69) is 38.1 Å². The first-order chi connectivity index (χ1) is 12.7. The van der Waals surface area contributed by atoms with Crippen molar-refractivity contribution in [2.24, 2.45) is 0 Å². The maximum Gasteiger partial charge on any atom is 0.122 e. The van der Waals surface area contributed by atoms with Crippen LogP contribution in [0.4, 0.5) is 0 Å². The van der Waals surface area contributed by atoms with Crippen molar-refractivity contribution in [3.8, 4) is 22.6 Å². The first-order valence-electron chi connectivity index (χ1n) is 9.47. The SMILES string of the molecule is CCc1cc(-c2ccc(OCCCO)c(CC)c2)ccc1OCCCO. The molecule has 0 saturated carbocycles. The van der Waals surface area contributed by atoms with E-state index in [0.717, 1.165) is 35.5 Å². The summed E-state index contributed by atoms with van der Waals surface area (Å²) in [5.41, 5.74) is 4.66. The van der Waals surface area contributed by atoms with Crippen LogP contribution in [-0.4, -0.2) is 36.6 Å². The Morgan fingerprint density at radius 3 is 1.46 bits per heavy atom. The van der Waals surface area contributed by atoms with E-state index in [0.29, 0.717) is 26.1 Å². The van der Waals surface area contributed by atoms with Crippen molar-refractivity contribution in [3.63, 3.8) is 0 Å². The van der Waals surface area contributed by atoms with E-state index >= 15 is 0 Å². The van der Waals surface area contributed by atoms with Gasteiger partial charge in [0.1, 0.15) is 11.5 Å². The van der Waals surface area contributed by atoms with Crippen LogP contribution in [-0.2, 0) is 12.8 Å². The molecule has 0 saturated heterocycles. The van der Waals surface area contributed by atoms with E-state index in [1.165, 1.54) is 11.1 Å². The topological polar surface area (TPSA) is 58.9 Å². The van der Waals surface area contributed by atoms with E-state index in [1.54, 1.807) is 0 Å². The van der Waals surface area contributed by atoms with Crippen molar-refractivity contribution in [3.05, 3.63) is 47.5 Å². The van der Waals surface area contributed by atoms with Crippen LogP contribution in [0.5, 0.6) is 11.5 Å². The van der Waals surface area contributed by atoms with Gasteiger partial charge in [-0.05, 0) is 59.4 Å². The number of hydrogen-bond donors (Lipinski definition) is 2. The Hall–Kier alpha value is -2.04. The summed E-state index contributed by atoms with van der Waals surface area (Å²) in [6.07, 6.45) is 3.07. The van der Waals surface area contributed by atoms with Gasteiger partial charge in [0.2, 0.25) is 0 Å². The van der Waals surface area contributed by atoms with Crippen LogP contribution in [0.1, 0.15) is 37.8 Å². The third kappa shape index (κ3) is 5.48. The van der Waals surface area contributed by atoms with Gasteiger partial charge >= 0.3 is 0 Å². The third-order valence-electron chi connectivity index (χ3n) is 4.34. The molecule has 0 aliphatic heterocycles. The van der Waals surface area contributed by atoms with Gasteiger partial charge in [-0.1, -0.05) is 26.0 Å². The van der Waals surface area contributed by atoms with Crippen LogP contribution >= 0.6 is 0 Å². The van der Waals surface area contributed by atoms with Gasteiger partial charge in [-0.3, -0.25) is 0 Å². The number of benzene rings is 2. The van der Waals surface area contributed by atoms with Gasteiger partial charge in [-0.15, -0.1) is 0 Å². The summed E-state index contributed by atoms with van der Waals surface area (Å²) in [7, 11) is 0. The van der Waals surface area contributed by atoms with Crippen LogP contribution in [0.3, 0.4) is 0 Å². The van der Waals surface area contributed by atoms with E-state index in [1.807, 2.05) is 12.1 Å². The lowest BCUT2D eigenvalue weighted by atomic mass is 9.98.